The number of benzene rings is 2. The van der Waals surface area contributed by atoms with Gasteiger partial charge in [-0.05, 0) is 49.5 Å². The van der Waals surface area contributed by atoms with E-state index in [1.165, 1.54) is 0 Å². The minimum atomic E-state index is -0.233. The molecule has 2 aliphatic rings. The van der Waals surface area contributed by atoms with Crippen LogP contribution in [0, 0.1) is 5.92 Å². The summed E-state index contributed by atoms with van der Waals surface area (Å²) in [5.74, 6) is 2.67. The highest BCUT2D eigenvalue weighted by atomic mass is 16.5. The van der Waals surface area contributed by atoms with Gasteiger partial charge in [-0.15, -0.1) is 0 Å². The number of nitrogens with two attached hydrogens (primary N) is 1. The summed E-state index contributed by atoms with van der Waals surface area (Å²) in [7, 11) is 6.46. The topological polar surface area (TPSA) is 111 Å². The zero-order valence-corrected chi connectivity index (χ0v) is 25.4. The van der Waals surface area contributed by atoms with Crippen molar-refractivity contribution in [1.82, 2.24) is 15.1 Å². The molecular weight excluding hydrogens is 534 g/mol. The number of ether oxygens (including phenoxy) is 4. The van der Waals surface area contributed by atoms with Gasteiger partial charge in [-0.25, -0.2) is 0 Å². The van der Waals surface area contributed by atoms with Crippen LogP contribution in [0.25, 0.3) is 0 Å². The molecule has 10 heteroatoms. The number of rotatable bonds is 15. The maximum Gasteiger partial charge on any atom is 0.272 e. The number of allylic oxidation sites excluding steroid dienone is 1. The number of hydrogen-bond acceptors (Lipinski definition) is 9. The van der Waals surface area contributed by atoms with Crippen molar-refractivity contribution in [3.05, 3.63) is 59.3 Å². The van der Waals surface area contributed by atoms with Gasteiger partial charge in [0, 0.05) is 62.7 Å². The quantitative estimate of drug-likeness (QED) is 0.245. The van der Waals surface area contributed by atoms with E-state index in [-0.39, 0.29) is 19.0 Å². The molecule has 0 unspecified atom stereocenters. The Kier molecular flexibility index (Phi) is 11.5. The Morgan fingerprint density at radius 3 is 2.48 bits per heavy atom. The average Bonchev–Trinajstić information content (AvgIpc) is 3.88. The first-order valence-electron chi connectivity index (χ1n) is 14.6. The number of methoxy groups -OCH3 is 3. The molecule has 0 aromatic heterocycles. The summed E-state index contributed by atoms with van der Waals surface area (Å²) in [6.07, 6.45) is 4.72. The van der Waals surface area contributed by atoms with Crippen molar-refractivity contribution >= 4 is 11.6 Å². The third-order valence-electron chi connectivity index (χ3n) is 7.67. The highest BCUT2D eigenvalue weighted by molar-refractivity contribution is 6.43. The lowest BCUT2D eigenvalue weighted by atomic mass is 10.1. The summed E-state index contributed by atoms with van der Waals surface area (Å²) in [6, 6.07) is 11.4. The summed E-state index contributed by atoms with van der Waals surface area (Å²) in [6.45, 7) is 6.30. The van der Waals surface area contributed by atoms with Gasteiger partial charge in [0.1, 0.15) is 17.2 Å². The molecular formula is C32H45N5O5. The zero-order valence-electron chi connectivity index (χ0n) is 25.4. The van der Waals surface area contributed by atoms with Crippen LogP contribution in [0.2, 0.25) is 0 Å². The summed E-state index contributed by atoms with van der Waals surface area (Å²) < 4.78 is 23.0. The lowest BCUT2D eigenvalue weighted by Crippen LogP contribution is -2.43. The fourth-order valence-electron chi connectivity index (χ4n) is 5.11. The third kappa shape index (κ3) is 8.39. The molecule has 4 rings (SSSR count). The molecule has 0 spiro atoms. The molecule has 1 aliphatic carbocycles. The first kappa shape index (κ1) is 31.2. The SMILES string of the molecule is CN=C(/C=C(\N)C1CC1)C(=O)N(Cc1ccc(OC)cc1OC)Cc1cccc(OCCCN2CCNCC2)c1OC. The number of nitrogens with one attached hydrogen (secondary N) is 1. The maximum atomic E-state index is 14.0. The van der Waals surface area contributed by atoms with Crippen molar-refractivity contribution in [3.8, 4) is 23.0 Å². The van der Waals surface area contributed by atoms with Crippen molar-refractivity contribution in [2.45, 2.75) is 32.4 Å². The largest absolute Gasteiger partial charge is 0.497 e. The first-order chi connectivity index (χ1) is 20.5. The van der Waals surface area contributed by atoms with Crippen molar-refractivity contribution < 1.29 is 23.7 Å². The van der Waals surface area contributed by atoms with Gasteiger partial charge in [-0.1, -0.05) is 12.1 Å². The normalized spacial score (nSPS) is 16.2. The van der Waals surface area contributed by atoms with Crippen molar-refractivity contribution in [2.24, 2.45) is 16.6 Å². The van der Waals surface area contributed by atoms with Crippen LogP contribution in [0.3, 0.4) is 0 Å². The van der Waals surface area contributed by atoms with Gasteiger partial charge < -0.3 is 39.8 Å². The van der Waals surface area contributed by atoms with Crippen LogP contribution < -0.4 is 30.0 Å². The number of para-hydroxylation sites is 1. The number of amides is 1. The Hall–Kier alpha value is -3.76. The van der Waals surface area contributed by atoms with Crippen LogP contribution in [-0.2, 0) is 17.9 Å². The predicted octanol–water partition coefficient (Wildman–Crippen LogP) is 3.24. The van der Waals surface area contributed by atoms with E-state index in [1.54, 1.807) is 39.4 Å². The third-order valence-corrected chi connectivity index (χ3v) is 7.67. The Labute approximate surface area is 249 Å². The molecule has 2 fully saturated rings. The van der Waals surface area contributed by atoms with E-state index in [2.05, 4.69) is 15.2 Å². The Morgan fingerprint density at radius 1 is 1.05 bits per heavy atom. The molecule has 0 radical (unpaired) electrons. The fraction of sp³-hybridized carbons (Fsp3) is 0.500. The molecule has 1 amide bonds. The van der Waals surface area contributed by atoms with Crippen molar-refractivity contribution in [2.75, 3.05) is 67.7 Å². The average molecular weight is 580 g/mol. The van der Waals surface area contributed by atoms with Crippen LogP contribution in [0.5, 0.6) is 23.0 Å². The predicted molar refractivity (Wildman–Crippen MR) is 165 cm³/mol. The molecule has 10 nitrogen and oxygen atoms in total. The number of nitrogens with zero attached hydrogens (tertiary/aromatic N) is 3. The number of aliphatic imine (C=N–C) groups is 1. The van der Waals surface area contributed by atoms with Gasteiger partial charge in [-0.2, -0.15) is 0 Å². The Morgan fingerprint density at radius 2 is 1.81 bits per heavy atom. The molecule has 1 aliphatic heterocycles. The van der Waals surface area contributed by atoms with E-state index in [0.29, 0.717) is 46.9 Å². The molecule has 2 aromatic rings. The van der Waals surface area contributed by atoms with Gasteiger partial charge in [0.15, 0.2) is 11.5 Å². The van der Waals surface area contributed by atoms with E-state index in [9.17, 15) is 4.79 Å². The summed E-state index contributed by atoms with van der Waals surface area (Å²) in [5, 5.41) is 3.38. The van der Waals surface area contributed by atoms with Crippen LogP contribution in [0.1, 0.15) is 30.4 Å². The lowest BCUT2D eigenvalue weighted by Gasteiger charge is -2.27. The molecule has 0 atom stereocenters. The van der Waals surface area contributed by atoms with Crippen molar-refractivity contribution in [3.63, 3.8) is 0 Å². The van der Waals surface area contributed by atoms with Crippen molar-refractivity contribution in [1.29, 1.82) is 0 Å². The Bertz CT molecular complexity index is 1250. The number of carbonyl (C=O) groups excluding carboxylic acids is 1. The lowest BCUT2D eigenvalue weighted by molar-refractivity contribution is -0.125. The van der Waals surface area contributed by atoms with E-state index in [4.69, 9.17) is 24.7 Å². The molecule has 1 saturated carbocycles. The van der Waals surface area contributed by atoms with Crippen LogP contribution in [0.15, 0.2) is 53.2 Å². The highest BCUT2D eigenvalue weighted by Gasteiger charge is 2.27. The zero-order chi connectivity index (χ0) is 29.9. The highest BCUT2D eigenvalue weighted by Crippen LogP contribution is 2.35. The minimum absolute atomic E-state index is 0.233. The first-order valence-corrected chi connectivity index (χ1v) is 14.6. The van der Waals surface area contributed by atoms with Crippen LogP contribution >= 0.6 is 0 Å². The number of carbonyl (C=O) groups is 1. The van der Waals surface area contributed by atoms with Gasteiger partial charge in [0.2, 0.25) is 0 Å². The van der Waals surface area contributed by atoms with E-state index >= 15 is 0 Å². The monoisotopic (exact) mass is 579 g/mol. The van der Waals surface area contributed by atoms with Gasteiger partial charge >= 0.3 is 0 Å². The second-order valence-electron chi connectivity index (χ2n) is 10.6. The molecule has 2 aromatic carbocycles. The minimum Gasteiger partial charge on any atom is -0.497 e. The smallest absolute Gasteiger partial charge is 0.272 e. The molecule has 3 N–H and O–H groups in total. The number of piperazine rings is 1. The Balaban J connectivity index is 1.56. The van der Waals surface area contributed by atoms with Crippen LogP contribution in [0.4, 0.5) is 0 Å². The fourth-order valence-corrected chi connectivity index (χ4v) is 5.11. The number of hydrogen-bond donors (Lipinski definition) is 2. The second kappa shape index (κ2) is 15.5. The maximum absolute atomic E-state index is 14.0. The van der Waals surface area contributed by atoms with Gasteiger partial charge in [0.05, 0.1) is 41.0 Å². The molecule has 1 saturated heterocycles. The summed E-state index contributed by atoms with van der Waals surface area (Å²) in [4.78, 5) is 22.5. The molecule has 1 heterocycles. The standard InChI is InChI=1S/C32H45N5O5/c1-34-28(20-27(33)23-9-10-23)32(38)37(21-24-11-12-26(39-2)19-30(24)40-3)22-25-7-5-8-29(31(25)41-4)42-18-6-15-36-16-13-35-14-17-36/h5,7-8,11-12,19-20,23,35H,6,9-10,13-18,21-22,33H2,1-4H3/b27-20-,34-28?. The second-order valence-corrected chi connectivity index (χ2v) is 10.6. The van der Waals surface area contributed by atoms with E-state index in [0.717, 1.165) is 63.1 Å². The van der Waals surface area contributed by atoms with Gasteiger partial charge in [-0.3, -0.25) is 9.79 Å². The summed E-state index contributed by atoms with van der Waals surface area (Å²) >= 11 is 0. The molecule has 0 bridgehead atoms. The molecule has 228 valence electrons. The summed E-state index contributed by atoms with van der Waals surface area (Å²) in [5.41, 5.74) is 8.95. The van der Waals surface area contributed by atoms with E-state index in [1.807, 2.05) is 36.4 Å². The van der Waals surface area contributed by atoms with Gasteiger partial charge in [0.25, 0.3) is 5.91 Å². The van der Waals surface area contributed by atoms with Crippen LogP contribution in [-0.4, -0.2) is 89.1 Å². The molecule has 42 heavy (non-hydrogen) atoms. The van der Waals surface area contributed by atoms with E-state index < -0.39 is 0 Å².